The number of carbonyl (C=O) groups excluding carboxylic acids is 2. The number of nitrogens with two attached hydrogens (primary N) is 1. The summed E-state index contributed by atoms with van der Waals surface area (Å²) < 4.78 is 5.18. The second-order valence-corrected chi connectivity index (χ2v) is 5.18. The molecule has 24 heavy (non-hydrogen) atoms. The molecule has 0 saturated heterocycles. The first kappa shape index (κ1) is 17.3. The van der Waals surface area contributed by atoms with Gasteiger partial charge in [-0.25, -0.2) is 0 Å². The Morgan fingerprint density at radius 1 is 1.17 bits per heavy atom. The van der Waals surface area contributed by atoms with Crippen LogP contribution < -0.4 is 15.8 Å². The van der Waals surface area contributed by atoms with E-state index in [1.54, 1.807) is 12.1 Å². The van der Waals surface area contributed by atoms with Gasteiger partial charge in [-0.3, -0.25) is 9.59 Å². The number of carbonyl (C=O) groups is 2. The second kappa shape index (κ2) is 8.53. The Hall–Kier alpha value is -3.08. The van der Waals surface area contributed by atoms with Crippen molar-refractivity contribution in [3.8, 4) is 5.75 Å². The zero-order valence-electron chi connectivity index (χ0n) is 13.5. The minimum Gasteiger partial charge on any atom is -0.495 e. The van der Waals surface area contributed by atoms with Gasteiger partial charge in [-0.05, 0) is 30.2 Å². The molecule has 5 heteroatoms. The summed E-state index contributed by atoms with van der Waals surface area (Å²) in [6, 6.07) is 14.5. The topological polar surface area (TPSA) is 81.4 Å². The minimum absolute atomic E-state index is 0.160. The van der Waals surface area contributed by atoms with Crippen LogP contribution in [-0.4, -0.2) is 18.9 Å². The Morgan fingerprint density at radius 2 is 1.92 bits per heavy atom. The summed E-state index contributed by atoms with van der Waals surface area (Å²) in [7, 11) is 1.50. The van der Waals surface area contributed by atoms with Crippen LogP contribution in [0.3, 0.4) is 0 Å². The highest BCUT2D eigenvalue weighted by Gasteiger charge is 2.10. The first-order valence-corrected chi connectivity index (χ1v) is 7.59. The molecule has 0 fully saturated rings. The number of benzene rings is 2. The number of allylic oxidation sites excluding steroid dienone is 1. The van der Waals surface area contributed by atoms with E-state index >= 15 is 0 Å². The molecule has 2 aromatic carbocycles. The molecule has 0 saturated carbocycles. The van der Waals surface area contributed by atoms with E-state index in [1.165, 1.54) is 13.2 Å². The molecule has 0 aliphatic rings. The Bertz CT molecular complexity index is 740. The number of methoxy groups -OCH3 is 1. The molecule has 0 atom stereocenters. The van der Waals surface area contributed by atoms with Crippen LogP contribution in [0.2, 0.25) is 0 Å². The number of ether oxygens (including phenoxy) is 1. The van der Waals surface area contributed by atoms with Gasteiger partial charge in [-0.1, -0.05) is 42.5 Å². The van der Waals surface area contributed by atoms with E-state index in [-0.39, 0.29) is 5.91 Å². The number of hydrogen-bond acceptors (Lipinski definition) is 3. The summed E-state index contributed by atoms with van der Waals surface area (Å²) in [4.78, 5) is 23.3. The smallest absolute Gasteiger partial charge is 0.248 e. The van der Waals surface area contributed by atoms with E-state index in [9.17, 15) is 9.59 Å². The fourth-order valence-corrected chi connectivity index (χ4v) is 2.17. The third kappa shape index (κ3) is 4.98. The molecule has 0 heterocycles. The molecule has 3 N–H and O–H groups in total. The largest absolute Gasteiger partial charge is 0.495 e. The summed E-state index contributed by atoms with van der Waals surface area (Å²) in [6.07, 6.45) is 4.86. The van der Waals surface area contributed by atoms with Crippen molar-refractivity contribution in [2.45, 2.75) is 12.8 Å². The summed E-state index contributed by atoms with van der Waals surface area (Å²) in [5, 5.41) is 2.75. The molecule has 124 valence electrons. The van der Waals surface area contributed by atoms with Crippen LogP contribution in [0.1, 0.15) is 28.8 Å². The maximum Gasteiger partial charge on any atom is 0.248 e. The van der Waals surface area contributed by atoms with Crippen molar-refractivity contribution in [3.05, 3.63) is 65.7 Å². The Morgan fingerprint density at radius 3 is 2.58 bits per heavy atom. The molecule has 0 aromatic heterocycles. The first-order valence-electron chi connectivity index (χ1n) is 7.59. The number of hydrogen-bond donors (Lipinski definition) is 2. The van der Waals surface area contributed by atoms with Gasteiger partial charge in [0.05, 0.1) is 12.8 Å². The van der Waals surface area contributed by atoms with Crippen LogP contribution in [0.4, 0.5) is 5.69 Å². The number of anilines is 1. The Labute approximate surface area is 141 Å². The highest BCUT2D eigenvalue weighted by molar-refractivity contribution is 5.97. The lowest BCUT2D eigenvalue weighted by Gasteiger charge is -2.10. The van der Waals surface area contributed by atoms with Crippen molar-refractivity contribution in [1.29, 1.82) is 0 Å². The molecule has 0 bridgehead atoms. The van der Waals surface area contributed by atoms with Crippen molar-refractivity contribution in [2.24, 2.45) is 5.73 Å². The zero-order valence-corrected chi connectivity index (χ0v) is 13.5. The van der Waals surface area contributed by atoms with Crippen LogP contribution in [0, 0.1) is 0 Å². The van der Waals surface area contributed by atoms with Gasteiger partial charge in [0, 0.05) is 12.0 Å². The molecule has 2 rings (SSSR count). The molecule has 0 spiro atoms. The van der Waals surface area contributed by atoms with Gasteiger partial charge in [0.1, 0.15) is 5.75 Å². The quantitative estimate of drug-likeness (QED) is 0.820. The van der Waals surface area contributed by atoms with Crippen LogP contribution in [0.5, 0.6) is 5.75 Å². The maximum absolute atomic E-state index is 12.1. The third-order valence-electron chi connectivity index (χ3n) is 3.41. The van der Waals surface area contributed by atoms with Crippen molar-refractivity contribution >= 4 is 23.6 Å². The molecule has 2 amide bonds. The Balaban J connectivity index is 1.93. The molecular weight excluding hydrogens is 304 g/mol. The van der Waals surface area contributed by atoms with E-state index in [2.05, 4.69) is 5.32 Å². The van der Waals surface area contributed by atoms with Crippen molar-refractivity contribution in [2.75, 3.05) is 12.4 Å². The predicted octanol–water partition coefficient (Wildman–Crippen LogP) is 3.23. The summed E-state index contributed by atoms with van der Waals surface area (Å²) in [5.74, 6) is -0.236. The summed E-state index contributed by atoms with van der Waals surface area (Å²) in [6.45, 7) is 0. The van der Waals surface area contributed by atoms with Crippen LogP contribution in [0.25, 0.3) is 6.08 Å². The van der Waals surface area contributed by atoms with Crippen LogP contribution in [0.15, 0.2) is 54.6 Å². The van der Waals surface area contributed by atoms with Gasteiger partial charge in [0.15, 0.2) is 0 Å². The van der Waals surface area contributed by atoms with E-state index in [4.69, 9.17) is 10.5 Å². The lowest BCUT2D eigenvalue weighted by Crippen LogP contribution is -2.14. The SMILES string of the molecule is COc1ccc(C(N)=O)cc1NC(=O)CC/C=C\c1ccccc1. The van der Waals surface area contributed by atoms with Crippen molar-refractivity contribution in [3.63, 3.8) is 0 Å². The average Bonchev–Trinajstić information content (AvgIpc) is 2.59. The van der Waals surface area contributed by atoms with Gasteiger partial charge < -0.3 is 15.8 Å². The third-order valence-corrected chi connectivity index (χ3v) is 3.41. The van der Waals surface area contributed by atoms with Gasteiger partial charge in [-0.15, -0.1) is 0 Å². The second-order valence-electron chi connectivity index (χ2n) is 5.18. The van der Waals surface area contributed by atoms with E-state index in [0.29, 0.717) is 29.8 Å². The van der Waals surface area contributed by atoms with Crippen molar-refractivity contribution in [1.82, 2.24) is 0 Å². The molecule has 5 nitrogen and oxygen atoms in total. The van der Waals surface area contributed by atoms with E-state index in [1.807, 2.05) is 42.5 Å². The minimum atomic E-state index is -0.557. The zero-order chi connectivity index (χ0) is 17.4. The van der Waals surface area contributed by atoms with E-state index < -0.39 is 5.91 Å². The summed E-state index contributed by atoms with van der Waals surface area (Å²) in [5.41, 5.74) is 7.10. The normalized spacial score (nSPS) is 10.5. The monoisotopic (exact) mass is 324 g/mol. The van der Waals surface area contributed by atoms with Gasteiger partial charge in [0.2, 0.25) is 11.8 Å². The lowest BCUT2D eigenvalue weighted by atomic mass is 10.1. The fraction of sp³-hybridized carbons (Fsp3) is 0.158. The maximum atomic E-state index is 12.1. The number of amides is 2. The fourth-order valence-electron chi connectivity index (χ4n) is 2.17. The van der Waals surface area contributed by atoms with Gasteiger partial charge in [0.25, 0.3) is 0 Å². The number of rotatable bonds is 7. The highest BCUT2D eigenvalue weighted by atomic mass is 16.5. The molecule has 0 radical (unpaired) electrons. The lowest BCUT2D eigenvalue weighted by molar-refractivity contribution is -0.116. The highest BCUT2D eigenvalue weighted by Crippen LogP contribution is 2.25. The molecule has 0 unspecified atom stereocenters. The van der Waals surface area contributed by atoms with Crippen LogP contribution in [-0.2, 0) is 4.79 Å². The average molecular weight is 324 g/mol. The van der Waals surface area contributed by atoms with E-state index in [0.717, 1.165) is 5.56 Å². The van der Waals surface area contributed by atoms with Gasteiger partial charge in [-0.2, -0.15) is 0 Å². The molecule has 0 aliphatic carbocycles. The Kier molecular flexibility index (Phi) is 6.14. The molecule has 2 aromatic rings. The molecule has 0 aliphatic heterocycles. The number of primary amides is 1. The summed E-state index contributed by atoms with van der Waals surface area (Å²) >= 11 is 0. The van der Waals surface area contributed by atoms with Crippen molar-refractivity contribution < 1.29 is 14.3 Å². The van der Waals surface area contributed by atoms with Crippen LogP contribution >= 0.6 is 0 Å². The standard InChI is InChI=1S/C19H20N2O3/c1-24-17-12-11-15(19(20)23)13-16(17)21-18(22)10-6-5-9-14-7-3-2-4-8-14/h2-5,7-9,11-13H,6,10H2,1H3,(H2,20,23)(H,21,22)/b9-5-. The first-order chi connectivity index (χ1) is 11.6. The van der Waals surface area contributed by atoms with Gasteiger partial charge >= 0.3 is 0 Å². The predicted molar refractivity (Wildman–Crippen MR) is 94.9 cm³/mol. The molecular formula is C19H20N2O3. The number of nitrogens with one attached hydrogen (secondary N) is 1.